The Labute approximate surface area is 121 Å². The van der Waals surface area contributed by atoms with Crippen molar-refractivity contribution in [3.63, 3.8) is 0 Å². The summed E-state index contributed by atoms with van der Waals surface area (Å²) in [6.45, 7) is 7.51. The first-order valence-electron chi connectivity index (χ1n) is 7.68. The van der Waals surface area contributed by atoms with E-state index >= 15 is 0 Å². The predicted molar refractivity (Wildman–Crippen MR) is 86.7 cm³/mol. The zero-order valence-corrected chi connectivity index (χ0v) is 12.4. The monoisotopic (exact) mass is 269 g/mol. The van der Waals surface area contributed by atoms with Gasteiger partial charge in [0, 0.05) is 30.7 Å². The molecule has 3 heteroatoms. The second-order valence-corrected chi connectivity index (χ2v) is 5.61. The highest BCUT2D eigenvalue weighted by molar-refractivity contribution is 5.85. The lowest BCUT2D eigenvalue weighted by Gasteiger charge is -2.29. The average Bonchev–Trinajstić information content (AvgIpc) is 2.49. The summed E-state index contributed by atoms with van der Waals surface area (Å²) in [5.41, 5.74) is 3.64. The SMILES string of the molecule is CCNc1nc2ccc(N3CCCCC3)cc2cc1C. The first-order valence-corrected chi connectivity index (χ1v) is 7.68. The standard InChI is InChI=1S/C17H23N3/c1-3-18-17-13(2)11-14-12-15(7-8-16(14)19-17)20-9-5-4-6-10-20/h7-8,11-12H,3-6,9-10H2,1-2H3,(H,18,19). The van der Waals surface area contributed by atoms with E-state index in [4.69, 9.17) is 4.98 Å². The van der Waals surface area contributed by atoms with E-state index < -0.39 is 0 Å². The van der Waals surface area contributed by atoms with E-state index in [1.165, 1.54) is 49.0 Å². The predicted octanol–water partition coefficient (Wildman–Crippen LogP) is 3.97. The molecule has 2 heterocycles. The fourth-order valence-electron chi connectivity index (χ4n) is 2.96. The summed E-state index contributed by atoms with van der Waals surface area (Å²) >= 11 is 0. The van der Waals surface area contributed by atoms with Crippen LogP contribution in [0, 0.1) is 6.92 Å². The molecule has 1 fully saturated rings. The molecule has 1 N–H and O–H groups in total. The molecule has 0 amide bonds. The summed E-state index contributed by atoms with van der Waals surface area (Å²) in [5, 5.41) is 4.57. The quantitative estimate of drug-likeness (QED) is 0.914. The number of rotatable bonds is 3. The number of anilines is 2. The van der Waals surface area contributed by atoms with Crippen molar-refractivity contribution in [1.29, 1.82) is 0 Å². The van der Waals surface area contributed by atoms with Crippen LogP contribution in [0.5, 0.6) is 0 Å². The molecule has 1 aromatic carbocycles. The van der Waals surface area contributed by atoms with Gasteiger partial charge in [0.1, 0.15) is 5.82 Å². The molecule has 0 bridgehead atoms. The number of hydrogen-bond acceptors (Lipinski definition) is 3. The van der Waals surface area contributed by atoms with E-state index in [0.717, 1.165) is 17.9 Å². The smallest absolute Gasteiger partial charge is 0.129 e. The van der Waals surface area contributed by atoms with Gasteiger partial charge < -0.3 is 10.2 Å². The molecule has 0 radical (unpaired) electrons. The van der Waals surface area contributed by atoms with Crippen molar-refractivity contribution in [1.82, 2.24) is 4.98 Å². The summed E-state index contributed by atoms with van der Waals surface area (Å²) in [7, 11) is 0. The summed E-state index contributed by atoms with van der Waals surface area (Å²) in [5.74, 6) is 1.01. The summed E-state index contributed by atoms with van der Waals surface area (Å²) in [6.07, 6.45) is 4.00. The van der Waals surface area contributed by atoms with Gasteiger partial charge in [-0.05, 0) is 62.9 Å². The largest absolute Gasteiger partial charge is 0.372 e. The Morgan fingerprint density at radius 3 is 2.70 bits per heavy atom. The number of aromatic nitrogens is 1. The maximum atomic E-state index is 4.72. The number of nitrogens with zero attached hydrogens (tertiary/aromatic N) is 2. The lowest BCUT2D eigenvalue weighted by molar-refractivity contribution is 0.578. The lowest BCUT2D eigenvalue weighted by atomic mass is 10.1. The molecule has 1 saturated heterocycles. The van der Waals surface area contributed by atoms with Crippen molar-refractivity contribution < 1.29 is 0 Å². The normalized spacial score (nSPS) is 15.6. The molecule has 106 valence electrons. The number of hydrogen-bond donors (Lipinski definition) is 1. The van der Waals surface area contributed by atoms with Crippen LogP contribution < -0.4 is 10.2 Å². The van der Waals surface area contributed by atoms with Crippen LogP contribution in [0.3, 0.4) is 0 Å². The Bertz CT molecular complexity index is 600. The second kappa shape index (κ2) is 5.70. The Hall–Kier alpha value is -1.77. The molecule has 2 aromatic rings. The third-order valence-corrected chi connectivity index (χ3v) is 4.05. The third-order valence-electron chi connectivity index (χ3n) is 4.05. The molecule has 0 aliphatic carbocycles. The first-order chi connectivity index (χ1) is 9.78. The number of nitrogens with one attached hydrogen (secondary N) is 1. The zero-order chi connectivity index (χ0) is 13.9. The number of pyridine rings is 1. The van der Waals surface area contributed by atoms with Crippen molar-refractivity contribution >= 4 is 22.4 Å². The molecule has 1 aliphatic rings. The van der Waals surface area contributed by atoms with Gasteiger partial charge in [-0.3, -0.25) is 0 Å². The number of piperidine rings is 1. The molecule has 0 spiro atoms. The molecular weight excluding hydrogens is 246 g/mol. The van der Waals surface area contributed by atoms with Crippen molar-refractivity contribution in [2.45, 2.75) is 33.1 Å². The molecule has 3 rings (SSSR count). The highest BCUT2D eigenvalue weighted by Gasteiger charge is 2.12. The van der Waals surface area contributed by atoms with Crippen LogP contribution in [0.4, 0.5) is 11.5 Å². The van der Waals surface area contributed by atoms with Gasteiger partial charge in [0.15, 0.2) is 0 Å². The Morgan fingerprint density at radius 1 is 1.15 bits per heavy atom. The molecule has 1 aliphatic heterocycles. The van der Waals surface area contributed by atoms with Crippen molar-refractivity contribution in [2.75, 3.05) is 29.9 Å². The molecule has 20 heavy (non-hydrogen) atoms. The number of aryl methyl sites for hydroxylation is 1. The van der Waals surface area contributed by atoms with Crippen molar-refractivity contribution in [2.24, 2.45) is 0 Å². The number of fused-ring (bicyclic) bond motifs is 1. The highest BCUT2D eigenvalue weighted by Crippen LogP contribution is 2.26. The fraction of sp³-hybridized carbons (Fsp3) is 0.471. The van der Waals surface area contributed by atoms with Crippen LogP contribution in [-0.2, 0) is 0 Å². The summed E-state index contributed by atoms with van der Waals surface area (Å²) in [4.78, 5) is 7.22. The van der Waals surface area contributed by atoms with E-state index in [2.05, 4.69) is 48.3 Å². The third kappa shape index (κ3) is 2.58. The summed E-state index contributed by atoms with van der Waals surface area (Å²) < 4.78 is 0. The first kappa shape index (κ1) is 13.2. The van der Waals surface area contributed by atoms with Gasteiger partial charge >= 0.3 is 0 Å². The molecular formula is C17H23N3. The summed E-state index contributed by atoms with van der Waals surface area (Å²) in [6, 6.07) is 8.90. The van der Waals surface area contributed by atoms with E-state index in [-0.39, 0.29) is 0 Å². The van der Waals surface area contributed by atoms with Gasteiger partial charge in [0.2, 0.25) is 0 Å². The van der Waals surface area contributed by atoms with Crippen molar-refractivity contribution in [3.05, 3.63) is 29.8 Å². The van der Waals surface area contributed by atoms with E-state index in [0.29, 0.717) is 0 Å². The zero-order valence-electron chi connectivity index (χ0n) is 12.4. The Kier molecular flexibility index (Phi) is 3.77. The van der Waals surface area contributed by atoms with Crippen molar-refractivity contribution in [3.8, 4) is 0 Å². The maximum Gasteiger partial charge on any atom is 0.129 e. The minimum atomic E-state index is 0.908. The van der Waals surface area contributed by atoms with Crippen LogP contribution in [0.25, 0.3) is 10.9 Å². The van der Waals surface area contributed by atoms with Crippen LogP contribution in [-0.4, -0.2) is 24.6 Å². The van der Waals surface area contributed by atoms with E-state index in [1.807, 2.05) is 0 Å². The van der Waals surface area contributed by atoms with Gasteiger partial charge in [-0.15, -0.1) is 0 Å². The molecule has 3 nitrogen and oxygen atoms in total. The van der Waals surface area contributed by atoms with Crippen LogP contribution in [0.2, 0.25) is 0 Å². The maximum absolute atomic E-state index is 4.72. The van der Waals surface area contributed by atoms with Gasteiger partial charge in [0.05, 0.1) is 5.52 Å². The molecule has 0 saturated carbocycles. The van der Waals surface area contributed by atoms with Crippen LogP contribution in [0.1, 0.15) is 31.7 Å². The average molecular weight is 269 g/mol. The highest BCUT2D eigenvalue weighted by atomic mass is 15.1. The van der Waals surface area contributed by atoms with Gasteiger partial charge in [-0.25, -0.2) is 4.98 Å². The lowest BCUT2D eigenvalue weighted by Crippen LogP contribution is -2.29. The van der Waals surface area contributed by atoms with E-state index in [9.17, 15) is 0 Å². The Morgan fingerprint density at radius 2 is 1.95 bits per heavy atom. The molecule has 0 atom stereocenters. The van der Waals surface area contributed by atoms with Gasteiger partial charge in [-0.1, -0.05) is 0 Å². The van der Waals surface area contributed by atoms with Crippen LogP contribution in [0.15, 0.2) is 24.3 Å². The molecule has 0 unspecified atom stereocenters. The number of benzene rings is 1. The van der Waals surface area contributed by atoms with Crippen LogP contribution >= 0.6 is 0 Å². The van der Waals surface area contributed by atoms with E-state index in [1.54, 1.807) is 0 Å². The van der Waals surface area contributed by atoms with Gasteiger partial charge in [0.25, 0.3) is 0 Å². The minimum Gasteiger partial charge on any atom is -0.372 e. The second-order valence-electron chi connectivity index (χ2n) is 5.61. The minimum absolute atomic E-state index is 0.908. The Balaban J connectivity index is 1.96. The molecule has 1 aromatic heterocycles. The fourth-order valence-corrected chi connectivity index (χ4v) is 2.96. The van der Waals surface area contributed by atoms with Gasteiger partial charge in [-0.2, -0.15) is 0 Å². The topological polar surface area (TPSA) is 28.2 Å².